The van der Waals surface area contributed by atoms with Crippen molar-refractivity contribution in [1.82, 2.24) is 0 Å². The van der Waals surface area contributed by atoms with Gasteiger partial charge in [-0.25, -0.2) is 4.31 Å². The number of hydrogen-bond acceptors (Lipinski definition) is 4. The topological polar surface area (TPSA) is 72.8 Å². The van der Waals surface area contributed by atoms with Crippen LogP contribution in [-0.2, 0) is 18.0 Å². The summed E-state index contributed by atoms with van der Waals surface area (Å²) in [5.74, 6) is 0. The smallest absolute Gasteiger partial charge is 0.324 e. The van der Waals surface area contributed by atoms with Crippen molar-refractivity contribution >= 4 is 15.2 Å². The average molecular weight is 188 g/mol. The fourth-order valence-electron chi connectivity index (χ4n) is 0.309. The maximum Gasteiger partial charge on any atom is 0.334 e. The normalized spacial score (nSPS) is 23.2. The minimum atomic E-state index is -3.69. The van der Waals surface area contributed by atoms with Gasteiger partial charge in [0, 0.05) is 20.4 Å². The lowest BCUT2D eigenvalue weighted by atomic mass is 11.8. The molecule has 0 saturated carbocycles. The summed E-state index contributed by atoms with van der Waals surface area (Å²) in [4.78, 5) is 8.57. The summed E-state index contributed by atoms with van der Waals surface area (Å²) in [5.41, 5.74) is 0. The molecule has 1 N–H and O–H groups in total. The molecule has 0 spiro atoms. The van der Waals surface area contributed by atoms with E-state index in [1.165, 1.54) is 0 Å². The summed E-state index contributed by atoms with van der Waals surface area (Å²) < 4.78 is 29.8. The van der Waals surface area contributed by atoms with Gasteiger partial charge < -0.3 is 9.42 Å². The summed E-state index contributed by atoms with van der Waals surface area (Å²) in [6.45, 7) is 2.07. The van der Waals surface area contributed by atoms with Crippen molar-refractivity contribution in [3.8, 4) is 0 Å². The zero-order chi connectivity index (χ0) is 8.41. The highest BCUT2D eigenvalue weighted by molar-refractivity contribution is 7.65. The quantitative estimate of drug-likeness (QED) is 0.675. The first-order chi connectivity index (χ1) is 4.27. The largest absolute Gasteiger partial charge is 0.334 e. The monoisotopic (exact) mass is 188 g/mol. The van der Waals surface area contributed by atoms with Gasteiger partial charge in [-0.1, -0.05) is 0 Å². The SMILES string of the molecule is COP(C)(=O)OP(C)(=O)O. The molecule has 7 heteroatoms. The minimum absolute atomic E-state index is 0.947. The van der Waals surface area contributed by atoms with Gasteiger partial charge in [0.15, 0.2) is 0 Å². The molecule has 0 bridgehead atoms. The van der Waals surface area contributed by atoms with Crippen molar-refractivity contribution in [2.24, 2.45) is 0 Å². The van der Waals surface area contributed by atoms with Gasteiger partial charge in [-0.05, 0) is 0 Å². The zero-order valence-corrected chi connectivity index (χ0v) is 7.76. The third-order valence-electron chi connectivity index (χ3n) is 0.631. The third-order valence-corrected chi connectivity index (χ3v) is 3.69. The second kappa shape index (κ2) is 3.16. The molecule has 0 aromatic rings. The predicted octanol–water partition coefficient (Wildman–Crippen LogP) is 1.29. The van der Waals surface area contributed by atoms with Crippen molar-refractivity contribution in [3.05, 3.63) is 0 Å². The Kier molecular flexibility index (Phi) is 3.27. The molecule has 0 heterocycles. The summed E-state index contributed by atoms with van der Waals surface area (Å²) in [7, 11) is -5.85. The molecule has 0 aromatic carbocycles. The van der Waals surface area contributed by atoms with Crippen LogP contribution in [0, 0.1) is 0 Å². The van der Waals surface area contributed by atoms with E-state index < -0.39 is 15.2 Å². The highest BCUT2D eigenvalue weighted by atomic mass is 31.3. The van der Waals surface area contributed by atoms with Crippen LogP contribution in [0.1, 0.15) is 0 Å². The van der Waals surface area contributed by atoms with Gasteiger partial charge in [-0.3, -0.25) is 9.13 Å². The van der Waals surface area contributed by atoms with Gasteiger partial charge in [-0.2, -0.15) is 0 Å². The van der Waals surface area contributed by atoms with Crippen LogP contribution in [0.25, 0.3) is 0 Å². The summed E-state index contributed by atoms with van der Waals surface area (Å²) in [5, 5.41) is 0. The van der Waals surface area contributed by atoms with Crippen LogP contribution >= 0.6 is 15.2 Å². The molecular formula is C3H10O5P2. The van der Waals surface area contributed by atoms with E-state index in [4.69, 9.17) is 4.89 Å². The van der Waals surface area contributed by atoms with Gasteiger partial charge >= 0.3 is 15.2 Å². The molecule has 2 atom stereocenters. The molecular weight excluding hydrogens is 178 g/mol. The van der Waals surface area contributed by atoms with Crippen LogP contribution in [0.5, 0.6) is 0 Å². The molecule has 0 amide bonds. The van der Waals surface area contributed by atoms with Gasteiger partial charge in [-0.15, -0.1) is 0 Å². The van der Waals surface area contributed by atoms with Crippen LogP contribution < -0.4 is 0 Å². The minimum Gasteiger partial charge on any atom is -0.324 e. The molecule has 10 heavy (non-hydrogen) atoms. The van der Waals surface area contributed by atoms with Crippen molar-refractivity contribution in [1.29, 1.82) is 0 Å². The second-order valence-electron chi connectivity index (χ2n) is 1.84. The Morgan fingerprint density at radius 2 is 1.70 bits per heavy atom. The Morgan fingerprint density at radius 1 is 1.30 bits per heavy atom. The summed E-state index contributed by atoms with van der Waals surface area (Å²) >= 11 is 0. The Morgan fingerprint density at radius 3 is 1.80 bits per heavy atom. The van der Waals surface area contributed by atoms with Crippen molar-refractivity contribution in [3.63, 3.8) is 0 Å². The number of hydrogen-bond donors (Lipinski definition) is 1. The highest BCUT2D eigenvalue weighted by Gasteiger charge is 2.24. The summed E-state index contributed by atoms with van der Waals surface area (Å²) in [6.07, 6.45) is 0. The Balaban J connectivity index is 4.17. The fourth-order valence-corrected chi connectivity index (χ4v) is 2.78. The van der Waals surface area contributed by atoms with Crippen LogP contribution in [0.15, 0.2) is 0 Å². The first-order valence-corrected chi connectivity index (χ1v) is 6.43. The van der Waals surface area contributed by atoms with Crippen LogP contribution in [0.3, 0.4) is 0 Å². The van der Waals surface area contributed by atoms with E-state index in [0.717, 1.165) is 20.4 Å². The van der Waals surface area contributed by atoms with E-state index in [9.17, 15) is 9.13 Å². The van der Waals surface area contributed by atoms with Crippen molar-refractivity contribution < 1.29 is 22.9 Å². The van der Waals surface area contributed by atoms with Crippen LogP contribution in [0.4, 0.5) is 0 Å². The van der Waals surface area contributed by atoms with Gasteiger partial charge in [0.2, 0.25) is 0 Å². The second-order valence-corrected chi connectivity index (χ2v) is 6.01. The van der Waals surface area contributed by atoms with Crippen LogP contribution in [0.2, 0.25) is 0 Å². The molecule has 0 aliphatic heterocycles. The number of rotatable bonds is 3. The van der Waals surface area contributed by atoms with E-state index in [-0.39, 0.29) is 0 Å². The first kappa shape index (κ1) is 10.3. The van der Waals surface area contributed by atoms with Crippen LogP contribution in [-0.4, -0.2) is 25.3 Å². The van der Waals surface area contributed by atoms with Gasteiger partial charge in [0.1, 0.15) is 0 Å². The molecule has 0 saturated heterocycles. The highest BCUT2D eigenvalue weighted by Crippen LogP contribution is 2.57. The van der Waals surface area contributed by atoms with Gasteiger partial charge in [0.05, 0.1) is 0 Å². The Labute approximate surface area is 59.4 Å². The lowest BCUT2D eigenvalue weighted by Gasteiger charge is -2.12. The maximum absolute atomic E-state index is 10.8. The maximum atomic E-state index is 10.8. The molecule has 0 radical (unpaired) electrons. The van der Waals surface area contributed by atoms with Crippen molar-refractivity contribution in [2.75, 3.05) is 20.4 Å². The molecule has 0 aromatic heterocycles. The molecule has 62 valence electrons. The predicted molar refractivity (Wildman–Crippen MR) is 37.4 cm³/mol. The molecule has 0 fully saturated rings. The Bertz CT molecular complexity index is 193. The molecule has 0 aliphatic carbocycles. The molecule has 0 rings (SSSR count). The van der Waals surface area contributed by atoms with E-state index >= 15 is 0 Å². The average Bonchev–Trinajstić information content (AvgIpc) is 1.60. The molecule has 2 unspecified atom stereocenters. The third kappa shape index (κ3) is 5.15. The Hall–Kier alpha value is 0.340. The lowest BCUT2D eigenvalue weighted by molar-refractivity contribution is 0.305. The fraction of sp³-hybridized carbons (Fsp3) is 1.00. The molecule has 0 aliphatic rings. The van der Waals surface area contributed by atoms with E-state index in [0.29, 0.717) is 0 Å². The first-order valence-electron chi connectivity index (χ1n) is 2.42. The van der Waals surface area contributed by atoms with E-state index in [1.807, 2.05) is 0 Å². The summed E-state index contributed by atoms with van der Waals surface area (Å²) in [6, 6.07) is 0. The van der Waals surface area contributed by atoms with E-state index in [1.54, 1.807) is 0 Å². The zero-order valence-electron chi connectivity index (χ0n) is 5.97. The van der Waals surface area contributed by atoms with Crippen molar-refractivity contribution in [2.45, 2.75) is 0 Å². The standard InChI is InChI=1S/C3H10O5P2/c1-7-10(3,6)8-9(2,4)5/h1-3H3,(H,4,5). The van der Waals surface area contributed by atoms with Gasteiger partial charge in [0.25, 0.3) is 0 Å². The van der Waals surface area contributed by atoms with E-state index in [2.05, 4.69) is 8.83 Å². The lowest BCUT2D eigenvalue weighted by Crippen LogP contribution is -1.87. The molecule has 5 nitrogen and oxygen atoms in total.